The molecule has 4 aromatic rings. The maximum Gasteiger partial charge on any atom is 0.263 e. The minimum absolute atomic E-state index is 0.120. The van der Waals surface area contributed by atoms with Crippen LogP contribution in [0.4, 0.5) is 5.82 Å². The number of aromatic nitrogens is 4. The maximum absolute atomic E-state index is 13.4. The summed E-state index contributed by atoms with van der Waals surface area (Å²) < 4.78 is 3.32. The van der Waals surface area contributed by atoms with Crippen molar-refractivity contribution < 1.29 is 4.79 Å². The second-order valence-corrected chi connectivity index (χ2v) is 9.19. The summed E-state index contributed by atoms with van der Waals surface area (Å²) in [6.07, 6.45) is 3.32. The Bertz CT molecular complexity index is 1320. The molecule has 1 amide bonds. The minimum atomic E-state index is -0.187. The van der Waals surface area contributed by atoms with Crippen LogP contribution in [0.1, 0.15) is 19.9 Å². The van der Waals surface area contributed by atoms with Gasteiger partial charge in [-0.05, 0) is 19.4 Å². The molecule has 0 fully saturated rings. The summed E-state index contributed by atoms with van der Waals surface area (Å²) in [5.74, 6) is 0.575. The Morgan fingerprint density at radius 1 is 1.28 bits per heavy atom. The van der Waals surface area contributed by atoms with E-state index in [-0.39, 0.29) is 23.3 Å². The molecule has 164 valence electrons. The molecule has 4 rings (SSSR count). The number of anilines is 1. The van der Waals surface area contributed by atoms with Gasteiger partial charge in [-0.25, -0.2) is 9.67 Å². The molecule has 3 heterocycles. The van der Waals surface area contributed by atoms with Gasteiger partial charge < -0.3 is 5.32 Å². The zero-order valence-electron chi connectivity index (χ0n) is 17.8. The fraction of sp³-hybridized carbons (Fsp3) is 0.217. The summed E-state index contributed by atoms with van der Waals surface area (Å²) in [5, 5.41) is 10.2. The quantitative estimate of drug-likeness (QED) is 0.229. The van der Waals surface area contributed by atoms with Gasteiger partial charge in [0.15, 0.2) is 5.16 Å². The molecule has 32 heavy (non-hydrogen) atoms. The average molecular weight is 466 g/mol. The Morgan fingerprint density at radius 3 is 2.78 bits per heavy atom. The first-order valence-electron chi connectivity index (χ1n) is 10.1. The van der Waals surface area contributed by atoms with Crippen molar-refractivity contribution in [3.63, 3.8) is 0 Å². The van der Waals surface area contributed by atoms with Gasteiger partial charge in [0.05, 0.1) is 17.3 Å². The molecule has 0 radical (unpaired) electrons. The number of fused-ring (bicyclic) bond motifs is 1. The highest BCUT2D eigenvalue weighted by Crippen LogP contribution is 2.32. The van der Waals surface area contributed by atoms with Crippen molar-refractivity contribution in [3.8, 4) is 11.1 Å². The van der Waals surface area contributed by atoms with Gasteiger partial charge in [-0.3, -0.25) is 14.2 Å². The van der Waals surface area contributed by atoms with E-state index >= 15 is 0 Å². The van der Waals surface area contributed by atoms with E-state index in [9.17, 15) is 9.59 Å². The second-order valence-electron chi connectivity index (χ2n) is 7.39. The Labute approximate surface area is 193 Å². The fourth-order valence-corrected chi connectivity index (χ4v) is 5.17. The summed E-state index contributed by atoms with van der Waals surface area (Å²) in [6, 6.07) is 11.7. The number of hydrogen-bond donors (Lipinski definition) is 1. The topological polar surface area (TPSA) is 81.8 Å². The largest absolute Gasteiger partial charge is 0.310 e. The van der Waals surface area contributed by atoms with Crippen LogP contribution in [0.2, 0.25) is 0 Å². The molecule has 0 bridgehead atoms. The number of carbonyl (C=O) groups is 1. The van der Waals surface area contributed by atoms with Crippen molar-refractivity contribution in [2.75, 3.05) is 11.1 Å². The number of hydrogen-bond acceptors (Lipinski definition) is 6. The number of thiophene rings is 1. The van der Waals surface area contributed by atoms with Crippen molar-refractivity contribution in [1.82, 2.24) is 19.3 Å². The standard InChI is InChI=1S/C23H23N5O2S2/c1-4-12-27-22(30)20-17(16-8-6-5-7-9-16)13-31-21(20)26-23(27)32-14-19(29)25-18-10-11-24-28(18)15(2)3/h4-11,13,15H,1,12,14H2,2-3H3,(H,25,29). The number of rotatable bonds is 8. The van der Waals surface area contributed by atoms with Crippen LogP contribution in [0, 0.1) is 0 Å². The van der Waals surface area contributed by atoms with Gasteiger partial charge in [0.1, 0.15) is 10.6 Å². The Kier molecular flexibility index (Phi) is 6.57. The molecule has 1 N–H and O–H groups in total. The van der Waals surface area contributed by atoms with Crippen molar-refractivity contribution in [2.45, 2.75) is 31.6 Å². The molecule has 7 nitrogen and oxygen atoms in total. The number of allylic oxidation sites excluding steroid dienone is 1. The van der Waals surface area contributed by atoms with E-state index in [0.717, 1.165) is 11.1 Å². The Balaban J connectivity index is 1.62. The van der Waals surface area contributed by atoms with Crippen molar-refractivity contribution in [1.29, 1.82) is 0 Å². The SMILES string of the molecule is C=CCn1c(SCC(=O)Nc2ccnn2C(C)C)nc2scc(-c3ccccc3)c2c1=O. The first kappa shape index (κ1) is 22.0. The average Bonchev–Trinajstić information content (AvgIpc) is 3.42. The summed E-state index contributed by atoms with van der Waals surface area (Å²) in [6.45, 7) is 8.08. The predicted molar refractivity (Wildman–Crippen MR) is 131 cm³/mol. The number of amides is 1. The molecule has 0 saturated carbocycles. The van der Waals surface area contributed by atoms with Crippen LogP contribution < -0.4 is 10.9 Å². The smallest absolute Gasteiger partial charge is 0.263 e. The summed E-state index contributed by atoms with van der Waals surface area (Å²) in [4.78, 5) is 31.3. The first-order valence-corrected chi connectivity index (χ1v) is 12.0. The number of nitrogens with one attached hydrogen (secondary N) is 1. The molecular weight excluding hydrogens is 442 g/mol. The highest BCUT2D eigenvalue weighted by atomic mass is 32.2. The number of carbonyl (C=O) groups excluding carboxylic acids is 1. The fourth-order valence-electron chi connectivity index (χ4n) is 3.37. The molecule has 0 aliphatic rings. The van der Waals surface area contributed by atoms with Gasteiger partial charge in [0.2, 0.25) is 5.91 Å². The van der Waals surface area contributed by atoms with Crippen LogP contribution in [0.5, 0.6) is 0 Å². The van der Waals surface area contributed by atoms with E-state index in [1.165, 1.54) is 23.1 Å². The van der Waals surface area contributed by atoms with E-state index in [4.69, 9.17) is 4.98 Å². The number of thioether (sulfide) groups is 1. The molecule has 0 unspecified atom stereocenters. The number of benzene rings is 1. The summed E-state index contributed by atoms with van der Waals surface area (Å²) in [5.41, 5.74) is 1.72. The third kappa shape index (κ3) is 4.39. The number of nitrogens with zero attached hydrogens (tertiary/aromatic N) is 4. The Morgan fingerprint density at radius 2 is 2.06 bits per heavy atom. The monoisotopic (exact) mass is 465 g/mol. The van der Waals surface area contributed by atoms with E-state index in [1.807, 2.05) is 49.6 Å². The molecule has 0 atom stereocenters. The lowest BCUT2D eigenvalue weighted by molar-refractivity contribution is -0.113. The first-order chi connectivity index (χ1) is 15.5. The van der Waals surface area contributed by atoms with Gasteiger partial charge in [-0.1, -0.05) is 48.2 Å². The van der Waals surface area contributed by atoms with Crippen molar-refractivity contribution >= 4 is 45.0 Å². The predicted octanol–water partition coefficient (Wildman–Crippen LogP) is 4.82. The van der Waals surface area contributed by atoms with Gasteiger partial charge in [0.25, 0.3) is 5.56 Å². The van der Waals surface area contributed by atoms with E-state index in [1.54, 1.807) is 27.6 Å². The van der Waals surface area contributed by atoms with Crippen LogP contribution in [-0.4, -0.2) is 31.0 Å². The van der Waals surface area contributed by atoms with Crippen molar-refractivity contribution in [2.24, 2.45) is 0 Å². The third-order valence-electron chi connectivity index (χ3n) is 4.81. The lowest BCUT2D eigenvalue weighted by Crippen LogP contribution is -2.24. The minimum Gasteiger partial charge on any atom is -0.310 e. The van der Waals surface area contributed by atoms with Crippen molar-refractivity contribution in [3.05, 3.63) is 71.0 Å². The highest BCUT2D eigenvalue weighted by Gasteiger charge is 2.18. The van der Waals surface area contributed by atoms with Gasteiger partial charge in [-0.2, -0.15) is 5.10 Å². The lowest BCUT2D eigenvalue weighted by Gasteiger charge is -2.13. The molecular formula is C23H23N5O2S2. The summed E-state index contributed by atoms with van der Waals surface area (Å²) >= 11 is 2.67. The van der Waals surface area contributed by atoms with Crippen LogP contribution in [0.25, 0.3) is 21.3 Å². The van der Waals surface area contributed by atoms with Crippen LogP contribution in [0.15, 0.2) is 70.6 Å². The van der Waals surface area contributed by atoms with E-state index in [2.05, 4.69) is 17.0 Å². The van der Waals surface area contributed by atoms with Gasteiger partial charge in [0, 0.05) is 29.6 Å². The van der Waals surface area contributed by atoms with Crippen LogP contribution in [-0.2, 0) is 11.3 Å². The molecule has 0 aliphatic heterocycles. The molecule has 0 spiro atoms. The maximum atomic E-state index is 13.4. The summed E-state index contributed by atoms with van der Waals surface area (Å²) in [7, 11) is 0. The van der Waals surface area contributed by atoms with Gasteiger partial charge in [-0.15, -0.1) is 17.9 Å². The van der Waals surface area contributed by atoms with Gasteiger partial charge >= 0.3 is 0 Å². The highest BCUT2D eigenvalue weighted by molar-refractivity contribution is 7.99. The normalized spacial score (nSPS) is 11.2. The lowest BCUT2D eigenvalue weighted by atomic mass is 10.1. The molecule has 3 aromatic heterocycles. The molecule has 0 saturated heterocycles. The molecule has 0 aliphatic carbocycles. The van der Waals surface area contributed by atoms with E-state index in [0.29, 0.717) is 27.7 Å². The molecule has 1 aromatic carbocycles. The second kappa shape index (κ2) is 9.54. The zero-order valence-corrected chi connectivity index (χ0v) is 19.4. The zero-order chi connectivity index (χ0) is 22.7. The molecule has 9 heteroatoms. The van der Waals surface area contributed by atoms with E-state index < -0.39 is 0 Å². The Hall–Kier alpha value is -3.17. The third-order valence-corrected chi connectivity index (χ3v) is 6.66. The van der Waals surface area contributed by atoms with Crippen LogP contribution >= 0.6 is 23.1 Å². The van der Waals surface area contributed by atoms with Crippen LogP contribution in [0.3, 0.4) is 0 Å².